The van der Waals surface area contributed by atoms with E-state index in [-0.39, 0.29) is 30.0 Å². The Balaban J connectivity index is 1.55. The summed E-state index contributed by atoms with van der Waals surface area (Å²) >= 11 is 0. The number of hydrogen-bond donors (Lipinski definition) is 0. The molecule has 1 unspecified atom stereocenters. The molecule has 2 heterocycles. The predicted octanol–water partition coefficient (Wildman–Crippen LogP) is 6.30. The Morgan fingerprint density at radius 1 is 0.919 bits per heavy atom. The van der Waals surface area contributed by atoms with Crippen LogP contribution >= 0.6 is 0 Å². The molecule has 0 aliphatic carbocycles. The third-order valence-corrected chi connectivity index (χ3v) is 6.85. The normalized spacial score (nSPS) is 14.1. The number of rotatable bonds is 7. The molecule has 0 saturated heterocycles. The molecule has 1 aromatic heterocycles. The molecule has 1 atom stereocenters. The molecule has 0 bridgehead atoms. The van der Waals surface area contributed by atoms with Gasteiger partial charge in [-0.25, -0.2) is 4.39 Å². The van der Waals surface area contributed by atoms with Crippen molar-refractivity contribution in [3.05, 3.63) is 119 Å². The molecule has 4 aromatic rings. The van der Waals surface area contributed by atoms with E-state index in [0.29, 0.717) is 6.54 Å². The van der Waals surface area contributed by atoms with E-state index in [1.807, 2.05) is 73.5 Å². The Morgan fingerprint density at radius 2 is 1.68 bits per heavy atom. The Labute approximate surface area is 216 Å². The summed E-state index contributed by atoms with van der Waals surface area (Å²) in [6, 6.07) is 25.3. The second kappa shape index (κ2) is 10.4. The second-order valence-corrected chi connectivity index (χ2v) is 9.46. The van der Waals surface area contributed by atoms with Gasteiger partial charge in [0.1, 0.15) is 18.4 Å². The predicted molar refractivity (Wildman–Crippen MR) is 143 cm³/mol. The van der Waals surface area contributed by atoms with Gasteiger partial charge in [-0.1, -0.05) is 61.4 Å². The van der Waals surface area contributed by atoms with E-state index < -0.39 is 5.82 Å². The summed E-state index contributed by atoms with van der Waals surface area (Å²) in [5.74, 6) is -1.01. The van der Waals surface area contributed by atoms with Crippen LogP contribution in [0.25, 0.3) is 5.69 Å². The van der Waals surface area contributed by atoms with Gasteiger partial charge in [-0.05, 0) is 61.4 Å². The first-order valence-electron chi connectivity index (χ1n) is 12.7. The molecular formula is C31H30FN3O2. The average molecular weight is 496 g/mol. The first kappa shape index (κ1) is 24.5. The molecule has 6 heteroatoms. The van der Waals surface area contributed by atoms with Gasteiger partial charge in [0.05, 0.1) is 17.1 Å². The number of hydrogen-bond acceptors (Lipinski definition) is 2. The van der Waals surface area contributed by atoms with Crippen molar-refractivity contribution < 1.29 is 14.0 Å². The van der Waals surface area contributed by atoms with Gasteiger partial charge in [0.15, 0.2) is 0 Å². The summed E-state index contributed by atoms with van der Waals surface area (Å²) in [4.78, 5) is 30.9. The third kappa shape index (κ3) is 4.79. The van der Waals surface area contributed by atoms with Gasteiger partial charge in [-0.15, -0.1) is 0 Å². The highest BCUT2D eigenvalue weighted by atomic mass is 19.1. The number of benzene rings is 3. The minimum Gasteiger partial charge on any atom is -0.329 e. The number of unbranched alkanes of at least 4 members (excludes halogenated alkanes) is 1. The number of para-hydroxylation sites is 2. The Morgan fingerprint density at radius 3 is 2.41 bits per heavy atom. The van der Waals surface area contributed by atoms with Crippen molar-refractivity contribution in [1.82, 2.24) is 9.47 Å². The smallest absolute Gasteiger partial charge is 0.254 e. The van der Waals surface area contributed by atoms with E-state index in [0.717, 1.165) is 41.0 Å². The second-order valence-electron chi connectivity index (χ2n) is 9.46. The highest BCUT2D eigenvalue weighted by molar-refractivity contribution is 6.02. The summed E-state index contributed by atoms with van der Waals surface area (Å²) in [7, 11) is 0. The van der Waals surface area contributed by atoms with Gasteiger partial charge >= 0.3 is 0 Å². The van der Waals surface area contributed by atoms with E-state index in [9.17, 15) is 14.0 Å². The lowest BCUT2D eigenvalue weighted by Crippen LogP contribution is -2.47. The fourth-order valence-corrected chi connectivity index (χ4v) is 4.97. The van der Waals surface area contributed by atoms with Crippen molar-refractivity contribution in [3.8, 4) is 5.69 Å². The van der Waals surface area contributed by atoms with E-state index in [1.54, 1.807) is 11.0 Å². The SMILES string of the molecule is CCCCN(CC(=O)N1c2ccccc2-n2cccc2C1c1ccc(C)cc1)C(=O)c1cccc(F)c1. The van der Waals surface area contributed by atoms with Gasteiger partial charge in [0.2, 0.25) is 5.91 Å². The monoisotopic (exact) mass is 495 g/mol. The summed E-state index contributed by atoms with van der Waals surface area (Å²) in [6.45, 7) is 4.38. The lowest BCUT2D eigenvalue weighted by molar-refractivity contribution is -0.119. The molecular weight excluding hydrogens is 465 g/mol. The number of fused-ring (bicyclic) bond motifs is 3. The minimum atomic E-state index is -0.474. The van der Waals surface area contributed by atoms with Gasteiger partial charge in [0, 0.05) is 18.3 Å². The summed E-state index contributed by atoms with van der Waals surface area (Å²) in [6.07, 6.45) is 3.63. The van der Waals surface area contributed by atoms with Crippen LogP contribution in [0.2, 0.25) is 0 Å². The lowest BCUT2D eigenvalue weighted by Gasteiger charge is -2.39. The van der Waals surface area contributed by atoms with E-state index >= 15 is 0 Å². The quantitative estimate of drug-likeness (QED) is 0.302. The van der Waals surface area contributed by atoms with Gasteiger partial charge in [-0.2, -0.15) is 0 Å². The fourth-order valence-electron chi connectivity index (χ4n) is 4.97. The molecule has 0 saturated carbocycles. The van der Waals surface area contributed by atoms with Crippen LogP contribution in [0.4, 0.5) is 10.1 Å². The fraction of sp³-hybridized carbons (Fsp3) is 0.226. The van der Waals surface area contributed by atoms with Crippen LogP contribution in [0.15, 0.2) is 91.1 Å². The molecule has 3 aromatic carbocycles. The van der Waals surface area contributed by atoms with Gasteiger partial charge in [0.25, 0.3) is 5.91 Å². The van der Waals surface area contributed by atoms with Gasteiger partial charge in [-0.3, -0.25) is 14.5 Å². The van der Waals surface area contributed by atoms with Crippen LogP contribution in [-0.2, 0) is 4.79 Å². The number of anilines is 1. The van der Waals surface area contributed by atoms with Crippen LogP contribution in [0.3, 0.4) is 0 Å². The molecule has 0 N–H and O–H groups in total. The maximum absolute atomic E-state index is 14.2. The van der Waals surface area contributed by atoms with Crippen molar-refractivity contribution >= 4 is 17.5 Å². The molecule has 1 aliphatic rings. The van der Waals surface area contributed by atoms with Crippen molar-refractivity contribution in [1.29, 1.82) is 0 Å². The number of carbonyl (C=O) groups excluding carboxylic acids is 2. The van der Waals surface area contributed by atoms with Crippen molar-refractivity contribution in [3.63, 3.8) is 0 Å². The molecule has 37 heavy (non-hydrogen) atoms. The Bertz CT molecular complexity index is 1430. The van der Waals surface area contributed by atoms with E-state index in [1.165, 1.54) is 18.2 Å². The molecule has 188 valence electrons. The van der Waals surface area contributed by atoms with Crippen molar-refractivity contribution in [2.75, 3.05) is 18.0 Å². The number of aromatic nitrogens is 1. The zero-order valence-corrected chi connectivity index (χ0v) is 21.1. The first-order chi connectivity index (χ1) is 18.0. The first-order valence-corrected chi connectivity index (χ1v) is 12.7. The van der Waals surface area contributed by atoms with Gasteiger partial charge < -0.3 is 9.47 Å². The summed E-state index contributed by atoms with van der Waals surface area (Å²) < 4.78 is 16.0. The van der Waals surface area contributed by atoms with Crippen LogP contribution < -0.4 is 4.90 Å². The zero-order chi connectivity index (χ0) is 25.9. The van der Waals surface area contributed by atoms with E-state index in [4.69, 9.17) is 0 Å². The minimum absolute atomic E-state index is 0.104. The zero-order valence-electron chi connectivity index (χ0n) is 21.1. The highest BCUT2D eigenvalue weighted by Gasteiger charge is 2.37. The van der Waals surface area contributed by atoms with Crippen LogP contribution in [-0.4, -0.2) is 34.4 Å². The molecule has 2 amide bonds. The largest absolute Gasteiger partial charge is 0.329 e. The van der Waals surface area contributed by atoms with Crippen LogP contribution in [0.1, 0.15) is 53.0 Å². The van der Waals surface area contributed by atoms with Crippen molar-refractivity contribution in [2.24, 2.45) is 0 Å². The lowest BCUT2D eigenvalue weighted by atomic mass is 9.97. The van der Waals surface area contributed by atoms with Crippen LogP contribution in [0, 0.1) is 12.7 Å². The molecule has 0 radical (unpaired) electrons. The standard InChI is InChI=1S/C31H30FN3O2/c1-3-4-18-33(31(37)24-9-7-10-25(32)20-24)21-29(36)35-27-12-6-5-11-26(27)34-19-8-13-28(34)30(35)23-16-14-22(2)15-17-23/h5-17,19-20,30H,3-4,18,21H2,1-2H3. The number of nitrogens with zero attached hydrogens (tertiary/aromatic N) is 3. The Kier molecular flexibility index (Phi) is 6.91. The maximum Gasteiger partial charge on any atom is 0.254 e. The maximum atomic E-state index is 14.2. The Hall–Kier alpha value is -4.19. The molecule has 0 fully saturated rings. The summed E-state index contributed by atoms with van der Waals surface area (Å²) in [5, 5.41) is 0. The number of aryl methyl sites for hydroxylation is 1. The van der Waals surface area contributed by atoms with Crippen molar-refractivity contribution in [2.45, 2.75) is 32.7 Å². The van der Waals surface area contributed by atoms with E-state index in [2.05, 4.69) is 16.7 Å². The summed E-state index contributed by atoms with van der Waals surface area (Å²) in [5.41, 5.74) is 5.05. The van der Waals surface area contributed by atoms with Crippen LogP contribution in [0.5, 0.6) is 0 Å². The number of halogens is 1. The molecule has 0 spiro atoms. The molecule has 5 rings (SSSR count). The molecule has 1 aliphatic heterocycles. The highest BCUT2D eigenvalue weighted by Crippen LogP contribution is 2.42. The molecule has 5 nitrogen and oxygen atoms in total. The number of amides is 2. The third-order valence-electron chi connectivity index (χ3n) is 6.85. The average Bonchev–Trinajstić information content (AvgIpc) is 3.40. The number of carbonyl (C=O) groups is 2. The topological polar surface area (TPSA) is 45.6 Å².